The summed E-state index contributed by atoms with van der Waals surface area (Å²) in [6.07, 6.45) is 4.45. The van der Waals surface area contributed by atoms with Crippen LogP contribution in [-0.2, 0) is 24.3 Å². The van der Waals surface area contributed by atoms with E-state index in [9.17, 15) is 23.2 Å². The number of hydrogen-bond acceptors (Lipinski definition) is 10. The van der Waals surface area contributed by atoms with Crippen molar-refractivity contribution in [1.82, 2.24) is 29.4 Å². The van der Waals surface area contributed by atoms with E-state index in [1.54, 1.807) is 16.4 Å². The zero-order chi connectivity index (χ0) is 28.3. The fraction of sp³-hybridized carbons (Fsp3) is 0.360. The second kappa shape index (κ2) is 11.6. The molecule has 2 amide bonds. The number of sulfonamides is 1. The maximum absolute atomic E-state index is 13.7. The highest BCUT2D eigenvalue weighted by Crippen LogP contribution is 2.38. The summed E-state index contributed by atoms with van der Waals surface area (Å²) in [5, 5.41) is 13.7. The lowest BCUT2D eigenvalue weighted by atomic mass is 10.1. The molecule has 15 heteroatoms. The number of nitrogens with zero attached hydrogens (tertiary/aromatic N) is 5. The number of nitrogens with one attached hydrogen (secondary N) is 1. The smallest absolute Gasteiger partial charge is 0.410 e. The highest BCUT2D eigenvalue weighted by Gasteiger charge is 2.55. The predicted octanol–water partition coefficient (Wildman–Crippen LogP) is 1.55. The molecule has 3 atom stereocenters. The Morgan fingerprint density at radius 1 is 1.10 bits per heavy atom. The van der Waals surface area contributed by atoms with Gasteiger partial charge in [-0.1, -0.05) is 18.2 Å². The summed E-state index contributed by atoms with van der Waals surface area (Å²) < 4.78 is 45.8. The van der Waals surface area contributed by atoms with E-state index in [1.807, 2.05) is 30.3 Å². The fourth-order valence-corrected chi connectivity index (χ4v) is 6.62. The lowest BCUT2D eigenvalue weighted by Gasteiger charge is -2.44. The van der Waals surface area contributed by atoms with Crippen molar-refractivity contribution in [2.75, 3.05) is 26.9 Å². The number of ether oxygens (including phenoxy) is 3. The molecule has 4 heterocycles. The van der Waals surface area contributed by atoms with Gasteiger partial charge in [0.1, 0.15) is 17.5 Å². The van der Waals surface area contributed by atoms with Crippen LogP contribution in [0.3, 0.4) is 0 Å². The Balaban J connectivity index is 1.33. The van der Waals surface area contributed by atoms with Crippen LogP contribution in [0, 0.1) is 0 Å². The van der Waals surface area contributed by atoms with Crippen LogP contribution in [0.5, 0.6) is 11.6 Å². The van der Waals surface area contributed by atoms with E-state index in [0.29, 0.717) is 18.6 Å². The van der Waals surface area contributed by atoms with Crippen molar-refractivity contribution in [3.05, 3.63) is 61.1 Å². The topological polar surface area (TPSA) is 165 Å². The molecule has 0 saturated carbocycles. The van der Waals surface area contributed by atoms with Gasteiger partial charge in [0, 0.05) is 25.8 Å². The number of pyridine rings is 1. The molecular formula is C25H28N6O8S. The molecule has 3 aromatic rings. The zero-order valence-corrected chi connectivity index (χ0v) is 22.3. The first-order chi connectivity index (χ1) is 19.3. The van der Waals surface area contributed by atoms with Gasteiger partial charge < -0.3 is 14.2 Å². The Labute approximate surface area is 230 Å². The summed E-state index contributed by atoms with van der Waals surface area (Å²) >= 11 is 0. The number of amides is 2. The molecular weight excluding hydrogens is 544 g/mol. The lowest BCUT2D eigenvalue weighted by molar-refractivity contribution is -0.136. The highest BCUT2D eigenvalue weighted by molar-refractivity contribution is 7.89. The van der Waals surface area contributed by atoms with Gasteiger partial charge in [-0.25, -0.2) is 28.4 Å². The van der Waals surface area contributed by atoms with E-state index in [0.717, 1.165) is 16.2 Å². The molecule has 2 saturated heterocycles. The van der Waals surface area contributed by atoms with Crippen LogP contribution in [0.15, 0.2) is 66.0 Å². The third-order valence-electron chi connectivity index (χ3n) is 6.83. The summed E-state index contributed by atoms with van der Waals surface area (Å²) in [5.74, 6) is -0.413. The normalized spacial score (nSPS) is 20.8. The van der Waals surface area contributed by atoms with Crippen molar-refractivity contribution in [3.8, 4) is 17.3 Å². The Hall–Kier alpha value is -4.05. The van der Waals surface area contributed by atoms with Crippen molar-refractivity contribution in [3.63, 3.8) is 0 Å². The van der Waals surface area contributed by atoms with Gasteiger partial charge in [0.25, 0.3) is 5.91 Å². The van der Waals surface area contributed by atoms with E-state index >= 15 is 0 Å². The molecule has 2 aliphatic rings. The maximum Gasteiger partial charge on any atom is 0.410 e. The third-order valence-corrected chi connectivity index (χ3v) is 8.66. The third kappa shape index (κ3) is 5.36. The standard InChI is InChI=1S/C25H28N6O8S/c1-37-11-12-38-25(33)31-18-7-9-21(31)23(24(32)28-34)30(15-18)40(35,36)20-8-10-22(26-14-20)39-19-13-27-29(16-19)17-5-3-2-4-6-17/h2-6,8,10,13-14,16,18,21,23,34H,7,9,11-12,15H2,1H3,(H,28,32)/t18-,21+,23-/m1/s1. The van der Waals surface area contributed by atoms with Crippen molar-refractivity contribution >= 4 is 22.0 Å². The van der Waals surface area contributed by atoms with E-state index in [1.165, 1.54) is 30.3 Å². The molecule has 1 aromatic carbocycles. The molecule has 2 bridgehead atoms. The van der Waals surface area contributed by atoms with E-state index in [-0.39, 0.29) is 30.5 Å². The second-order valence-corrected chi connectivity index (χ2v) is 11.1. The number of rotatable bonds is 9. The quantitative estimate of drug-likeness (QED) is 0.218. The summed E-state index contributed by atoms with van der Waals surface area (Å²) in [7, 11) is -2.79. The van der Waals surface area contributed by atoms with Crippen molar-refractivity contribution < 1.29 is 37.4 Å². The fourth-order valence-electron chi connectivity index (χ4n) is 5.02. The van der Waals surface area contributed by atoms with Gasteiger partial charge in [-0.2, -0.15) is 9.40 Å². The molecule has 2 aromatic heterocycles. The number of carbonyl (C=O) groups excluding carboxylic acids is 2. The zero-order valence-electron chi connectivity index (χ0n) is 21.5. The molecule has 2 N–H and O–H groups in total. The number of piperazine rings is 1. The van der Waals surface area contributed by atoms with Gasteiger partial charge in [-0.05, 0) is 31.0 Å². The molecule has 0 aliphatic carbocycles. The van der Waals surface area contributed by atoms with Gasteiger partial charge in [-0.15, -0.1) is 0 Å². The first-order valence-corrected chi connectivity index (χ1v) is 13.9. The summed E-state index contributed by atoms with van der Waals surface area (Å²) in [4.78, 5) is 30.8. The van der Waals surface area contributed by atoms with E-state index in [4.69, 9.17) is 14.2 Å². The monoisotopic (exact) mass is 572 g/mol. The maximum atomic E-state index is 13.7. The number of methoxy groups -OCH3 is 1. The molecule has 0 unspecified atom stereocenters. The first kappa shape index (κ1) is 27.5. The first-order valence-electron chi connectivity index (χ1n) is 12.5. The average Bonchev–Trinajstić information content (AvgIpc) is 3.56. The van der Waals surface area contributed by atoms with Crippen LogP contribution in [0.2, 0.25) is 0 Å². The lowest BCUT2D eigenvalue weighted by Crippen LogP contribution is -2.66. The van der Waals surface area contributed by atoms with Gasteiger partial charge in [0.2, 0.25) is 15.9 Å². The number of fused-ring (bicyclic) bond motifs is 2. The van der Waals surface area contributed by atoms with Crippen LogP contribution in [0.1, 0.15) is 12.8 Å². The van der Waals surface area contributed by atoms with Crippen LogP contribution in [-0.4, -0.2) is 94.6 Å². The Bertz CT molecular complexity index is 1450. The largest absolute Gasteiger partial charge is 0.447 e. The SMILES string of the molecule is COCCOC(=O)N1[C@@H]2CC[C@H]1[C@H](C(=O)NO)N(S(=O)(=O)c1ccc(Oc3cnn(-c4ccccc4)c3)nc1)C2. The number of hydrogen-bond donors (Lipinski definition) is 2. The summed E-state index contributed by atoms with van der Waals surface area (Å²) in [6.45, 7) is 0.0442. The summed E-state index contributed by atoms with van der Waals surface area (Å²) in [5.41, 5.74) is 2.38. The van der Waals surface area contributed by atoms with E-state index < -0.39 is 40.1 Å². The minimum atomic E-state index is -4.26. The molecule has 0 radical (unpaired) electrons. The molecule has 2 aliphatic heterocycles. The van der Waals surface area contributed by atoms with Crippen molar-refractivity contribution in [2.24, 2.45) is 0 Å². The molecule has 5 rings (SSSR count). The predicted molar refractivity (Wildman–Crippen MR) is 137 cm³/mol. The van der Waals surface area contributed by atoms with E-state index in [2.05, 4.69) is 10.1 Å². The number of carbonyl (C=O) groups is 2. The van der Waals surface area contributed by atoms with Crippen molar-refractivity contribution in [1.29, 1.82) is 0 Å². The highest BCUT2D eigenvalue weighted by atomic mass is 32.2. The summed E-state index contributed by atoms with van der Waals surface area (Å²) in [6, 6.07) is 9.44. The molecule has 2 fully saturated rings. The van der Waals surface area contributed by atoms with Gasteiger partial charge in [0.05, 0.1) is 36.9 Å². The van der Waals surface area contributed by atoms with Crippen LogP contribution >= 0.6 is 0 Å². The number of benzene rings is 1. The Kier molecular flexibility index (Phi) is 7.97. The minimum Gasteiger partial charge on any atom is -0.447 e. The van der Waals surface area contributed by atoms with Crippen LogP contribution in [0.4, 0.5) is 4.79 Å². The molecule has 0 spiro atoms. The van der Waals surface area contributed by atoms with Gasteiger partial charge in [0.15, 0.2) is 5.75 Å². The number of aromatic nitrogens is 3. The minimum absolute atomic E-state index is 0.0112. The Morgan fingerprint density at radius 2 is 1.90 bits per heavy atom. The van der Waals surface area contributed by atoms with Crippen LogP contribution in [0.25, 0.3) is 5.69 Å². The molecule has 40 heavy (non-hydrogen) atoms. The van der Waals surface area contributed by atoms with Gasteiger partial charge in [-0.3, -0.25) is 14.9 Å². The second-order valence-electron chi connectivity index (χ2n) is 9.20. The number of hydroxylamine groups is 1. The molecule has 14 nitrogen and oxygen atoms in total. The molecule has 212 valence electrons. The van der Waals surface area contributed by atoms with Gasteiger partial charge >= 0.3 is 6.09 Å². The number of para-hydroxylation sites is 1. The average molecular weight is 573 g/mol. The Morgan fingerprint density at radius 3 is 2.60 bits per heavy atom. The van der Waals surface area contributed by atoms with Crippen molar-refractivity contribution in [2.45, 2.75) is 35.9 Å². The van der Waals surface area contributed by atoms with Crippen LogP contribution < -0.4 is 10.2 Å².